The van der Waals surface area contributed by atoms with Gasteiger partial charge in [-0.05, 0) is 24.3 Å². The standard InChI is InChI=1S/C23H26F3N3O5/c1-30-16-8-6-14(18(10-16)32-3)12-29(13-15-7-9-17(31-2)11-19(15)33-4)21-20(23(24,25)26)22(34-5)28-27-21/h6-11H,12-13H2,1-5H3,(H,27,28). The van der Waals surface area contributed by atoms with E-state index in [9.17, 15) is 13.2 Å². The van der Waals surface area contributed by atoms with Crippen LogP contribution in [0.25, 0.3) is 0 Å². The summed E-state index contributed by atoms with van der Waals surface area (Å²) in [5, 5.41) is 6.23. The number of anilines is 1. The first-order valence-electron chi connectivity index (χ1n) is 10.1. The van der Waals surface area contributed by atoms with Crippen LogP contribution < -0.4 is 28.6 Å². The monoisotopic (exact) mass is 481 g/mol. The molecule has 0 saturated heterocycles. The van der Waals surface area contributed by atoms with Gasteiger partial charge in [0.05, 0.1) is 35.5 Å². The van der Waals surface area contributed by atoms with E-state index in [-0.39, 0.29) is 18.9 Å². The van der Waals surface area contributed by atoms with Crippen molar-refractivity contribution in [3.63, 3.8) is 0 Å². The van der Waals surface area contributed by atoms with Gasteiger partial charge >= 0.3 is 6.18 Å². The molecule has 0 atom stereocenters. The minimum Gasteiger partial charge on any atom is -0.497 e. The zero-order valence-electron chi connectivity index (χ0n) is 19.4. The molecule has 3 rings (SSSR count). The summed E-state index contributed by atoms with van der Waals surface area (Å²) in [6.07, 6.45) is -4.71. The molecule has 8 nitrogen and oxygen atoms in total. The van der Waals surface area contributed by atoms with Crippen LogP contribution in [0.1, 0.15) is 16.7 Å². The number of benzene rings is 2. The van der Waals surface area contributed by atoms with E-state index in [1.54, 1.807) is 36.4 Å². The van der Waals surface area contributed by atoms with E-state index in [1.165, 1.54) is 33.3 Å². The maximum absolute atomic E-state index is 14.0. The van der Waals surface area contributed by atoms with Crippen LogP contribution in [0.4, 0.5) is 19.0 Å². The molecule has 0 spiro atoms. The number of hydrogen-bond acceptors (Lipinski definition) is 7. The van der Waals surface area contributed by atoms with Crippen LogP contribution in [0.5, 0.6) is 28.9 Å². The molecule has 0 saturated carbocycles. The molecule has 0 fully saturated rings. The first-order chi connectivity index (χ1) is 16.2. The van der Waals surface area contributed by atoms with Gasteiger partial charge in [0.2, 0.25) is 5.88 Å². The number of alkyl halides is 3. The molecule has 1 N–H and O–H groups in total. The Hall–Kier alpha value is -3.76. The van der Waals surface area contributed by atoms with Crippen LogP contribution in [-0.2, 0) is 19.3 Å². The Bertz CT molecular complexity index is 1060. The van der Waals surface area contributed by atoms with Crippen molar-refractivity contribution in [2.75, 3.05) is 40.4 Å². The molecular weight excluding hydrogens is 455 g/mol. The third-order valence-corrected chi connectivity index (χ3v) is 5.22. The van der Waals surface area contributed by atoms with Crippen molar-refractivity contribution < 1.29 is 36.9 Å². The molecule has 0 aliphatic carbocycles. The predicted molar refractivity (Wildman–Crippen MR) is 119 cm³/mol. The Balaban J connectivity index is 2.12. The summed E-state index contributed by atoms with van der Waals surface area (Å²) in [6, 6.07) is 10.2. The lowest BCUT2D eigenvalue weighted by atomic mass is 10.1. The van der Waals surface area contributed by atoms with Gasteiger partial charge in [0.15, 0.2) is 5.56 Å². The molecule has 0 aliphatic rings. The molecule has 3 aromatic rings. The van der Waals surface area contributed by atoms with Gasteiger partial charge in [-0.3, -0.25) is 5.10 Å². The molecule has 184 valence electrons. The number of nitrogens with one attached hydrogen (secondary N) is 1. The van der Waals surface area contributed by atoms with Gasteiger partial charge in [0, 0.05) is 36.3 Å². The molecule has 0 unspecified atom stereocenters. The Morgan fingerprint density at radius 2 is 1.26 bits per heavy atom. The second-order valence-corrected chi connectivity index (χ2v) is 7.17. The highest BCUT2D eigenvalue weighted by Gasteiger charge is 2.41. The molecule has 34 heavy (non-hydrogen) atoms. The minimum atomic E-state index is -4.71. The lowest BCUT2D eigenvalue weighted by Gasteiger charge is -2.27. The summed E-state index contributed by atoms with van der Waals surface area (Å²) >= 11 is 0. The highest BCUT2D eigenvalue weighted by Crippen LogP contribution is 2.43. The molecule has 0 radical (unpaired) electrons. The van der Waals surface area contributed by atoms with Gasteiger partial charge in [-0.2, -0.15) is 13.2 Å². The molecule has 1 heterocycles. The summed E-state index contributed by atoms with van der Waals surface area (Å²) in [7, 11) is 7.13. The van der Waals surface area contributed by atoms with Crippen LogP contribution in [0, 0.1) is 0 Å². The van der Waals surface area contributed by atoms with E-state index in [0.29, 0.717) is 34.1 Å². The van der Waals surface area contributed by atoms with E-state index in [4.69, 9.17) is 23.7 Å². The van der Waals surface area contributed by atoms with Gasteiger partial charge in [0.25, 0.3) is 0 Å². The minimum absolute atomic E-state index is 0.0524. The second-order valence-electron chi connectivity index (χ2n) is 7.17. The zero-order valence-corrected chi connectivity index (χ0v) is 19.4. The largest absolute Gasteiger partial charge is 0.497 e. The fourth-order valence-corrected chi connectivity index (χ4v) is 3.54. The van der Waals surface area contributed by atoms with Crippen LogP contribution in [-0.4, -0.2) is 45.7 Å². The van der Waals surface area contributed by atoms with Gasteiger partial charge in [-0.25, -0.2) is 0 Å². The fourth-order valence-electron chi connectivity index (χ4n) is 3.54. The number of ether oxygens (including phenoxy) is 5. The number of hydrogen-bond donors (Lipinski definition) is 1. The Labute approximate surface area is 195 Å². The van der Waals surface area contributed by atoms with E-state index in [2.05, 4.69) is 10.2 Å². The quantitative estimate of drug-likeness (QED) is 0.451. The lowest BCUT2D eigenvalue weighted by Crippen LogP contribution is -2.26. The molecule has 0 bridgehead atoms. The molecule has 2 aromatic carbocycles. The first-order valence-corrected chi connectivity index (χ1v) is 10.1. The van der Waals surface area contributed by atoms with Crippen molar-refractivity contribution in [3.8, 4) is 28.9 Å². The third kappa shape index (κ3) is 5.24. The number of nitrogens with zero attached hydrogens (tertiary/aromatic N) is 2. The van der Waals surface area contributed by atoms with E-state index in [0.717, 1.165) is 7.11 Å². The van der Waals surface area contributed by atoms with Crippen molar-refractivity contribution in [1.82, 2.24) is 10.2 Å². The lowest BCUT2D eigenvalue weighted by molar-refractivity contribution is -0.138. The van der Waals surface area contributed by atoms with Crippen molar-refractivity contribution in [2.24, 2.45) is 0 Å². The average Bonchev–Trinajstić information content (AvgIpc) is 3.29. The molecule has 11 heteroatoms. The van der Waals surface area contributed by atoms with Crippen LogP contribution in [0.2, 0.25) is 0 Å². The van der Waals surface area contributed by atoms with Crippen molar-refractivity contribution >= 4 is 5.82 Å². The zero-order chi connectivity index (χ0) is 24.9. The Kier molecular flexibility index (Phi) is 7.64. The Morgan fingerprint density at radius 3 is 1.65 bits per heavy atom. The molecule has 0 amide bonds. The van der Waals surface area contributed by atoms with Crippen LogP contribution in [0.3, 0.4) is 0 Å². The number of rotatable bonds is 10. The number of aromatic nitrogens is 2. The van der Waals surface area contributed by atoms with Gasteiger partial charge in [-0.1, -0.05) is 0 Å². The van der Waals surface area contributed by atoms with Crippen molar-refractivity contribution in [2.45, 2.75) is 19.3 Å². The number of aromatic amines is 1. The van der Waals surface area contributed by atoms with E-state index in [1.807, 2.05) is 0 Å². The topological polar surface area (TPSA) is 78.1 Å². The summed E-state index contributed by atoms with van der Waals surface area (Å²) < 4.78 is 68.3. The smallest absolute Gasteiger partial charge is 0.425 e. The molecule has 1 aromatic heterocycles. The predicted octanol–water partition coefficient (Wildman–Crippen LogP) is 4.68. The maximum atomic E-state index is 14.0. The average molecular weight is 481 g/mol. The summed E-state index contributed by atoms with van der Waals surface area (Å²) in [4.78, 5) is 1.49. The normalized spacial score (nSPS) is 11.2. The van der Waals surface area contributed by atoms with Crippen LogP contribution in [0.15, 0.2) is 36.4 Å². The fraction of sp³-hybridized carbons (Fsp3) is 0.348. The third-order valence-electron chi connectivity index (χ3n) is 5.22. The van der Waals surface area contributed by atoms with Gasteiger partial charge in [-0.15, -0.1) is 5.10 Å². The summed E-state index contributed by atoms with van der Waals surface area (Å²) in [5.74, 6) is 1.25. The van der Waals surface area contributed by atoms with Gasteiger partial charge < -0.3 is 28.6 Å². The highest BCUT2D eigenvalue weighted by molar-refractivity contribution is 5.56. The van der Waals surface area contributed by atoms with Crippen molar-refractivity contribution in [1.29, 1.82) is 0 Å². The molecule has 0 aliphatic heterocycles. The van der Waals surface area contributed by atoms with Crippen LogP contribution >= 0.6 is 0 Å². The van der Waals surface area contributed by atoms with E-state index < -0.39 is 17.6 Å². The number of halogens is 3. The first kappa shape index (κ1) is 24.9. The Morgan fingerprint density at radius 1 is 0.765 bits per heavy atom. The van der Waals surface area contributed by atoms with Gasteiger partial charge in [0.1, 0.15) is 28.8 Å². The molecular formula is C23H26F3N3O5. The second kappa shape index (κ2) is 10.4. The van der Waals surface area contributed by atoms with E-state index >= 15 is 0 Å². The number of H-pyrrole nitrogens is 1. The maximum Gasteiger partial charge on any atom is 0.425 e. The summed E-state index contributed by atoms with van der Waals surface area (Å²) in [5.41, 5.74) is 0.268. The van der Waals surface area contributed by atoms with Crippen molar-refractivity contribution in [3.05, 3.63) is 53.1 Å². The SMILES string of the molecule is COc1ccc(CN(Cc2ccc(OC)cc2OC)c2[nH]nc(OC)c2C(F)(F)F)c(OC)c1. The summed E-state index contributed by atoms with van der Waals surface area (Å²) in [6.45, 7) is 0.105. The number of methoxy groups -OCH3 is 5. The highest BCUT2D eigenvalue weighted by atomic mass is 19.4.